The summed E-state index contributed by atoms with van der Waals surface area (Å²) in [5, 5.41) is 2.21. The molecule has 4 rings (SSSR count). The highest BCUT2D eigenvalue weighted by atomic mass is 16.3. The molecule has 4 aromatic rings. The molecule has 126 valence electrons. The van der Waals surface area contributed by atoms with Crippen LogP contribution in [0.15, 0.2) is 93.8 Å². The summed E-state index contributed by atoms with van der Waals surface area (Å²) in [6.45, 7) is 6.01. The van der Waals surface area contributed by atoms with E-state index in [1.165, 1.54) is 0 Å². The maximum atomic E-state index is 5.96. The summed E-state index contributed by atoms with van der Waals surface area (Å²) in [6.07, 6.45) is 1.74. The smallest absolute Gasteiger partial charge is 0.159 e. The van der Waals surface area contributed by atoms with Crippen molar-refractivity contribution in [1.82, 2.24) is 0 Å². The first-order chi connectivity index (χ1) is 12.8. The first kappa shape index (κ1) is 16.0. The molecule has 0 N–H and O–H groups in total. The Hall–Kier alpha value is -3.46. The van der Waals surface area contributed by atoms with Crippen LogP contribution in [0, 0.1) is 0 Å². The lowest BCUT2D eigenvalue weighted by atomic mass is 10.1. The zero-order chi connectivity index (χ0) is 17.9. The fourth-order valence-electron chi connectivity index (χ4n) is 2.98. The fraction of sp³-hybridized carbons (Fsp3) is 0.0435. The van der Waals surface area contributed by atoms with Crippen LogP contribution in [0.5, 0.6) is 0 Å². The molecule has 0 fully saturated rings. The van der Waals surface area contributed by atoms with Crippen molar-refractivity contribution in [2.75, 3.05) is 0 Å². The summed E-state index contributed by atoms with van der Waals surface area (Å²) in [5.74, 6) is 0.641. The normalized spacial score (nSPS) is 12.3. The molecule has 3 nitrogen and oxygen atoms in total. The van der Waals surface area contributed by atoms with E-state index in [1.807, 2.05) is 67.6 Å². The Morgan fingerprint density at radius 2 is 1.58 bits per heavy atom. The summed E-state index contributed by atoms with van der Waals surface area (Å²) in [7, 11) is 0. The van der Waals surface area contributed by atoms with E-state index >= 15 is 0 Å². The highest BCUT2D eigenvalue weighted by Crippen LogP contribution is 2.30. The molecule has 1 aromatic heterocycles. The van der Waals surface area contributed by atoms with Gasteiger partial charge in [0.25, 0.3) is 0 Å². The predicted octanol–water partition coefficient (Wildman–Crippen LogP) is 6.09. The van der Waals surface area contributed by atoms with E-state index in [9.17, 15) is 0 Å². The zero-order valence-corrected chi connectivity index (χ0v) is 14.5. The summed E-state index contributed by atoms with van der Waals surface area (Å²) < 4.78 is 5.96. The molecule has 0 radical (unpaired) electrons. The van der Waals surface area contributed by atoms with E-state index < -0.39 is 0 Å². The van der Waals surface area contributed by atoms with Crippen LogP contribution in [0.25, 0.3) is 27.6 Å². The van der Waals surface area contributed by atoms with Gasteiger partial charge in [0.15, 0.2) is 5.84 Å². The Morgan fingerprint density at radius 3 is 2.38 bits per heavy atom. The van der Waals surface area contributed by atoms with Crippen molar-refractivity contribution in [2.45, 2.75) is 6.92 Å². The van der Waals surface area contributed by atoms with Crippen molar-refractivity contribution in [1.29, 1.82) is 0 Å². The zero-order valence-electron chi connectivity index (χ0n) is 14.5. The summed E-state index contributed by atoms with van der Waals surface area (Å²) in [5.41, 5.74) is 4.24. The maximum Gasteiger partial charge on any atom is 0.159 e. The summed E-state index contributed by atoms with van der Waals surface area (Å²) in [4.78, 5) is 9.05. The van der Waals surface area contributed by atoms with Gasteiger partial charge in [-0.3, -0.25) is 0 Å². The second-order valence-corrected chi connectivity index (χ2v) is 5.94. The van der Waals surface area contributed by atoms with Gasteiger partial charge in [0, 0.05) is 28.1 Å². The third kappa shape index (κ3) is 2.95. The quantitative estimate of drug-likeness (QED) is 0.329. The molecule has 0 amide bonds. The Balaban J connectivity index is 1.76. The van der Waals surface area contributed by atoms with Gasteiger partial charge < -0.3 is 4.42 Å². The molecule has 3 aromatic carbocycles. The second kappa shape index (κ2) is 6.81. The van der Waals surface area contributed by atoms with Crippen LogP contribution in [0.3, 0.4) is 0 Å². The Morgan fingerprint density at radius 1 is 0.846 bits per heavy atom. The topological polar surface area (TPSA) is 37.9 Å². The maximum absolute atomic E-state index is 5.96. The Kier molecular flexibility index (Phi) is 4.20. The molecule has 0 saturated heterocycles. The van der Waals surface area contributed by atoms with E-state index in [4.69, 9.17) is 4.42 Å². The first-order valence-corrected chi connectivity index (χ1v) is 8.49. The van der Waals surface area contributed by atoms with Crippen LogP contribution in [0.1, 0.15) is 18.1 Å². The van der Waals surface area contributed by atoms with Crippen molar-refractivity contribution in [3.8, 4) is 0 Å². The van der Waals surface area contributed by atoms with E-state index in [1.54, 1.807) is 6.21 Å². The van der Waals surface area contributed by atoms with Crippen LogP contribution in [-0.4, -0.2) is 12.1 Å². The van der Waals surface area contributed by atoms with Crippen molar-refractivity contribution in [3.05, 3.63) is 90.5 Å². The van der Waals surface area contributed by atoms with Crippen LogP contribution in [-0.2, 0) is 0 Å². The summed E-state index contributed by atoms with van der Waals surface area (Å²) in [6, 6.07) is 24.0. The number of nitrogens with zero attached hydrogens (tertiary/aromatic N) is 2. The van der Waals surface area contributed by atoms with Gasteiger partial charge in [0.05, 0.1) is 5.70 Å². The Bertz CT molecular complexity index is 1150. The molecule has 0 aliphatic rings. The van der Waals surface area contributed by atoms with Crippen LogP contribution in [0.2, 0.25) is 0 Å². The van der Waals surface area contributed by atoms with Gasteiger partial charge in [-0.25, -0.2) is 9.98 Å². The fourth-order valence-corrected chi connectivity index (χ4v) is 2.98. The molecule has 0 bridgehead atoms. The number of furan rings is 1. The molecular formula is C23H18N2O. The van der Waals surface area contributed by atoms with Crippen LogP contribution < -0.4 is 0 Å². The standard InChI is InChI=1S/C23H18N2O/c1-3-24-23(17-9-5-4-6-10-17)25-16(2)18-13-14-20-19-11-7-8-12-21(19)26-22(20)15-18/h3-15H,2H2,1H3. The minimum atomic E-state index is 0.641. The van der Waals surface area contributed by atoms with Crippen molar-refractivity contribution >= 4 is 39.7 Å². The van der Waals surface area contributed by atoms with Gasteiger partial charge in [0.1, 0.15) is 11.2 Å². The molecule has 0 atom stereocenters. The highest BCUT2D eigenvalue weighted by Gasteiger charge is 2.09. The van der Waals surface area contributed by atoms with Gasteiger partial charge in [-0.05, 0) is 25.1 Å². The third-order valence-corrected chi connectivity index (χ3v) is 4.24. The highest BCUT2D eigenvalue weighted by molar-refractivity contribution is 6.07. The number of amidine groups is 1. The number of benzene rings is 3. The average Bonchev–Trinajstić information content (AvgIpc) is 3.06. The first-order valence-electron chi connectivity index (χ1n) is 8.49. The lowest BCUT2D eigenvalue weighted by Gasteiger charge is -2.04. The molecule has 26 heavy (non-hydrogen) atoms. The van der Waals surface area contributed by atoms with Crippen molar-refractivity contribution in [2.24, 2.45) is 9.98 Å². The van der Waals surface area contributed by atoms with Crippen LogP contribution in [0.4, 0.5) is 0 Å². The molecule has 0 aliphatic carbocycles. The van der Waals surface area contributed by atoms with Crippen molar-refractivity contribution < 1.29 is 4.42 Å². The SMILES string of the molecule is C=C(N=C(N=CC)c1ccccc1)c1ccc2c(c1)oc1ccccc12. The number of aliphatic imine (C=N–C) groups is 2. The van der Waals surface area contributed by atoms with Gasteiger partial charge in [-0.1, -0.05) is 61.2 Å². The third-order valence-electron chi connectivity index (χ3n) is 4.24. The number of fused-ring (bicyclic) bond motifs is 3. The lowest BCUT2D eigenvalue weighted by molar-refractivity contribution is 0.669. The number of rotatable bonds is 3. The molecule has 1 heterocycles. The minimum absolute atomic E-state index is 0.641. The predicted molar refractivity (Wildman–Crippen MR) is 110 cm³/mol. The molecule has 0 spiro atoms. The second-order valence-electron chi connectivity index (χ2n) is 5.94. The van der Waals surface area contributed by atoms with E-state index in [0.29, 0.717) is 11.5 Å². The van der Waals surface area contributed by atoms with Gasteiger partial charge in [0.2, 0.25) is 0 Å². The van der Waals surface area contributed by atoms with E-state index in [2.05, 4.69) is 28.7 Å². The number of hydrogen-bond acceptors (Lipinski definition) is 2. The Labute approximate surface area is 152 Å². The van der Waals surface area contributed by atoms with Gasteiger partial charge in [-0.2, -0.15) is 0 Å². The summed E-state index contributed by atoms with van der Waals surface area (Å²) >= 11 is 0. The molecule has 0 unspecified atom stereocenters. The largest absolute Gasteiger partial charge is 0.456 e. The molecule has 0 saturated carbocycles. The average molecular weight is 338 g/mol. The van der Waals surface area contributed by atoms with E-state index in [-0.39, 0.29) is 0 Å². The minimum Gasteiger partial charge on any atom is -0.456 e. The molecule has 0 aliphatic heterocycles. The van der Waals surface area contributed by atoms with Crippen LogP contribution >= 0.6 is 0 Å². The lowest BCUT2D eigenvalue weighted by Crippen LogP contribution is -1.97. The van der Waals surface area contributed by atoms with Crippen molar-refractivity contribution in [3.63, 3.8) is 0 Å². The number of hydrogen-bond donors (Lipinski definition) is 0. The van der Waals surface area contributed by atoms with Gasteiger partial charge >= 0.3 is 0 Å². The monoisotopic (exact) mass is 338 g/mol. The molecule has 3 heteroatoms. The number of para-hydroxylation sites is 1. The van der Waals surface area contributed by atoms with E-state index in [0.717, 1.165) is 33.1 Å². The molecular weight excluding hydrogens is 320 g/mol. The van der Waals surface area contributed by atoms with Gasteiger partial charge in [-0.15, -0.1) is 0 Å².